The van der Waals surface area contributed by atoms with Gasteiger partial charge in [0.1, 0.15) is 5.82 Å². The predicted molar refractivity (Wildman–Crippen MR) is 87.4 cm³/mol. The zero-order valence-corrected chi connectivity index (χ0v) is 13.1. The molecule has 118 valence electrons. The molecule has 1 heterocycles. The van der Waals surface area contributed by atoms with Gasteiger partial charge in [-0.1, -0.05) is 18.6 Å². The van der Waals surface area contributed by atoms with Crippen LogP contribution in [-0.4, -0.2) is 28.5 Å². The molecule has 0 saturated heterocycles. The largest absolute Gasteiger partial charge is 0.354 e. The van der Waals surface area contributed by atoms with E-state index in [4.69, 9.17) is 5.73 Å². The number of carbonyl (C=O) groups excluding carboxylic acids is 1. The van der Waals surface area contributed by atoms with Crippen molar-refractivity contribution in [3.05, 3.63) is 30.1 Å². The molecule has 1 amide bonds. The van der Waals surface area contributed by atoms with E-state index in [1.54, 1.807) is 0 Å². The highest BCUT2D eigenvalue weighted by Gasteiger charge is 2.31. The minimum absolute atomic E-state index is 0.102. The predicted octanol–water partition coefficient (Wildman–Crippen LogP) is 1.84. The number of benzene rings is 1. The zero-order chi connectivity index (χ0) is 15.5. The number of imidazole rings is 1. The molecule has 5 nitrogen and oxygen atoms in total. The van der Waals surface area contributed by atoms with E-state index in [2.05, 4.69) is 20.9 Å². The molecule has 1 aliphatic rings. The number of hydrogen-bond donors (Lipinski definition) is 2. The minimum Gasteiger partial charge on any atom is -0.354 e. The average Bonchev–Trinajstić information content (AvgIpc) is 3.11. The Hall–Kier alpha value is -1.88. The Balaban J connectivity index is 1.60. The van der Waals surface area contributed by atoms with Gasteiger partial charge in [0, 0.05) is 19.0 Å². The highest BCUT2D eigenvalue weighted by atomic mass is 16.1. The van der Waals surface area contributed by atoms with Crippen LogP contribution in [0, 0.1) is 18.8 Å². The lowest BCUT2D eigenvalue weighted by Gasteiger charge is -2.17. The van der Waals surface area contributed by atoms with Gasteiger partial charge in [0.2, 0.25) is 5.91 Å². The molecule has 0 spiro atoms. The third-order valence-electron chi connectivity index (χ3n) is 4.78. The first kappa shape index (κ1) is 15.0. The smallest absolute Gasteiger partial charge is 0.223 e. The number of aromatic nitrogens is 2. The van der Waals surface area contributed by atoms with E-state index in [9.17, 15) is 4.79 Å². The molecular weight excluding hydrogens is 276 g/mol. The van der Waals surface area contributed by atoms with E-state index >= 15 is 0 Å². The van der Waals surface area contributed by atoms with Crippen molar-refractivity contribution in [2.24, 2.45) is 17.6 Å². The number of rotatable bonds is 5. The molecule has 1 aromatic carbocycles. The van der Waals surface area contributed by atoms with Gasteiger partial charge < -0.3 is 15.6 Å². The van der Waals surface area contributed by atoms with Crippen LogP contribution in [0.4, 0.5) is 0 Å². The fourth-order valence-electron chi connectivity index (χ4n) is 3.56. The second kappa shape index (κ2) is 6.48. The van der Waals surface area contributed by atoms with Gasteiger partial charge in [0.05, 0.1) is 11.0 Å². The van der Waals surface area contributed by atoms with E-state index < -0.39 is 0 Å². The number of nitrogens with two attached hydrogens (primary N) is 1. The molecule has 3 N–H and O–H groups in total. The van der Waals surface area contributed by atoms with E-state index in [1.807, 2.05) is 25.1 Å². The summed E-state index contributed by atoms with van der Waals surface area (Å²) in [5, 5.41) is 3.08. The van der Waals surface area contributed by atoms with Gasteiger partial charge in [-0.15, -0.1) is 0 Å². The molecule has 1 saturated carbocycles. The van der Waals surface area contributed by atoms with Gasteiger partial charge >= 0.3 is 0 Å². The van der Waals surface area contributed by atoms with Crippen molar-refractivity contribution in [2.45, 2.75) is 32.7 Å². The molecule has 2 atom stereocenters. The molecule has 0 unspecified atom stereocenters. The lowest BCUT2D eigenvalue weighted by molar-refractivity contribution is -0.125. The molecule has 0 bridgehead atoms. The first-order valence-electron chi connectivity index (χ1n) is 8.10. The number of nitrogens with zero attached hydrogens (tertiary/aromatic N) is 2. The van der Waals surface area contributed by atoms with Crippen LogP contribution in [0.2, 0.25) is 0 Å². The Labute approximate surface area is 130 Å². The van der Waals surface area contributed by atoms with Gasteiger partial charge in [-0.2, -0.15) is 0 Å². The Morgan fingerprint density at radius 3 is 3.05 bits per heavy atom. The summed E-state index contributed by atoms with van der Waals surface area (Å²) in [6.07, 6.45) is 3.17. The number of para-hydroxylation sites is 2. The number of amides is 1. The Bertz CT molecular complexity index is 664. The van der Waals surface area contributed by atoms with Crippen LogP contribution < -0.4 is 11.1 Å². The fourth-order valence-corrected chi connectivity index (χ4v) is 3.56. The topological polar surface area (TPSA) is 72.9 Å². The van der Waals surface area contributed by atoms with Crippen molar-refractivity contribution >= 4 is 16.9 Å². The van der Waals surface area contributed by atoms with E-state index in [-0.39, 0.29) is 11.8 Å². The van der Waals surface area contributed by atoms with Crippen molar-refractivity contribution in [3.63, 3.8) is 0 Å². The Kier molecular flexibility index (Phi) is 4.43. The molecule has 3 rings (SSSR count). The third-order valence-corrected chi connectivity index (χ3v) is 4.78. The molecule has 0 aliphatic heterocycles. The summed E-state index contributed by atoms with van der Waals surface area (Å²) in [5.41, 5.74) is 7.88. The maximum Gasteiger partial charge on any atom is 0.223 e. The highest BCUT2D eigenvalue weighted by molar-refractivity contribution is 5.79. The van der Waals surface area contributed by atoms with Gasteiger partial charge in [0.15, 0.2) is 0 Å². The second-order valence-corrected chi connectivity index (χ2v) is 6.12. The van der Waals surface area contributed by atoms with E-state index in [1.165, 1.54) is 0 Å². The Morgan fingerprint density at radius 1 is 1.41 bits per heavy atom. The monoisotopic (exact) mass is 300 g/mol. The van der Waals surface area contributed by atoms with Crippen LogP contribution in [0.25, 0.3) is 11.0 Å². The van der Waals surface area contributed by atoms with Crippen molar-refractivity contribution in [1.82, 2.24) is 14.9 Å². The minimum atomic E-state index is 0.102. The van der Waals surface area contributed by atoms with Gasteiger partial charge in [-0.3, -0.25) is 4.79 Å². The Morgan fingerprint density at radius 2 is 2.23 bits per heavy atom. The number of hydrogen-bond acceptors (Lipinski definition) is 3. The number of carbonyl (C=O) groups is 1. The molecule has 0 radical (unpaired) electrons. The average molecular weight is 300 g/mol. The summed E-state index contributed by atoms with van der Waals surface area (Å²) in [6, 6.07) is 8.09. The third kappa shape index (κ3) is 2.86. The van der Waals surface area contributed by atoms with Gasteiger partial charge in [0.25, 0.3) is 0 Å². The van der Waals surface area contributed by atoms with Crippen LogP contribution >= 0.6 is 0 Å². The van der Waals surface area contributed by atoms with Crippen LogP contribution in [0.3, 0.4) is 0 Å². The van der Waals surface area contributed by atoms with Crippen molar-refractivity contribution in [3.8, 4) is 0 Å². The summed E-state index contributed by atoms with van der Waals surface area (Å²) >= 11 is 0. The summed E-state index contributed by atoms with van der Waals surface area (Å²) < 4.78 is 2.16. The maximum atomic E-state index is 12.3. The lowest BCUT2D eigenvalue weighted by Crippen LogP contribution is -2.36. The van der Waals surface area contributed by atoms with Crippen LogP contribution in [0.1, 0.15) is 25.1 Å². The van der Waals surface area contributed by atoms with Crippen molar-refractivity contribution in [1.29, 1.82) is 0 Å². The normalized spacial score (nSPS) is 21.4. The zero-order valence-electron chi connectivity index (χ0n) is 13.1. The number of fused-ring (bicyclic) bond motifs is 1. The number of nitrogens with one attached hydrogen (secondary N) is 1. The first-order valence-corrected chi connectivity index (χ1v) is 8.10. The maximum absolute atomic E-state index is 12.3. The highest BCUT2D eigenvalue weighted by Crippen LogP contribution is 2.30. The number of aryl methyl sites for hydroxylation is 1. The standard InChI is InChI=1S/C17H24N4O/c1-12-20-15-7-2-3-8-16(15)21(12)10-9-19-17(22)14-6-4-5-13(14)11-18/h2-3,7-8,13-14H,4-6,9-11,18H2,1H3,(H,19,22)/t13-,14-/m1/s1. The fraction of sp³-hybridized carbons (Fsp3) is 0.529. The molecule has 1 aliphatic carbocycles. The molecule has 22 heavy (non-hydrogen) atoms. The summed E-state index contributed by atoms with van der Waals surface area (Å²) in [7, 11) is 0. The lowest BCUT2D eigenvalue weighted by atomic mass is 9.95. The molecule has 5 heteroatoms. The van der Waals surface area contributed by atoms with Crippen LogP contribution in [-0.2, 0) is 11.3 Å². The molecule has 1 fully saturated rings. The van der Waals surface area contributed by atoms with E-state index in [0.29, 0.717) is 19.0 Å². The van der Waals surface area contributed by atoms with Crippen LogP contribution in [0.5, 0.6) is 0 Å². The van der Waals surface area contributed by atoms with Crippen molar-refractivity contribution < 1.29 is 4.79 Å². The van der Waals surface area contributed by atoms with Crippen LogP contribution in [0.15, 0.2) is 24.3 Å². The SMILES string of the molecule is Cc1nc2ccccc2n1CCNC(=O)[C@@H]1CCC[C@@H]1CN. The van der Waals surface area contributed by atoms with E-state index in [0.717, 1.165) is 42.7 Å². The van der Waals surface area contributed by atoms with Crippen molar-refractivity contribution in [2.75, 3.05) is 13.1 Å². The summed E-state index contributed by atoms with van der Waals surface area (Å²) in [4.78, 5) is 16.8. The van der Waals surface area contributed by atoms with Gasteiger partial charge in [-0.05, 0) is 44.4 Å². The quantitative estimate of drug-likeness (QED) is 0.885. The summed E-state index contributed by atoms with van der Waals surface area (Å²) in [6.45, 7) is 4.00. The first-order chi connectivity index (χ1) is 10.7. The summed E-state index contributed by atoms with van der Waals surface area (Å²) in [5.74, 6) is 1.60. The molecular formula is C17H24N4O. The second-order valence-electron chi connectivity index (χ2n) is 6.12. The van der Waals surface area contributed by atoms with Gasteiger partial charge in [-0.25, -0.2) is 4.98 Å². The molecule has 2 aromatic rings. The molecule has 1 aromatic heterocycles.